The summed E-state index contributed by atoms with van der Waals surface area (Å²) in [4.78, 5) is 0. The lowest BCUT2D eigenvalue weighted by Gasteiger charge is -2.23. The van der Waals surface area contributed by atoms with Crippen LogP contribution in [0.3, 0.4) is 0 Å². The minimum Gasteiger partial charge on any atom is -0.493 e. The van der Waals surface area contributed by atoms with E-state index in [9.17, 15) is 13.5 Å². The molecule has 4 nitrogen and oxygen atoms in total. The maximum absolute atomic E-state index is 11.0. The summed E-state index contributed by atoms with van der Waals surface area (Å²) in [6, 6.07) is 5.69. The summed E-state index contributed by atoms with van der Waals surface area (Å²) < 4.78 is 27.7. The van der Waals surface area contributed by atoms with Crippen molar-refractivity contribution in [1.29, 1.82) is 0 Å². The van der Waals surface area contributed by atoms with Gasteiger partial charge in [-0.1, -0.05) is 12.1 Å². The van der Waals surface area contributed by atoms with Gasteiger partial charge in [-0.05, 0) is 42.9 Å². The average Bonchev–Trinajstić information content (AvgIpc) is 2.34. The fourth-order valence-electron chi connectivity index (χ4n) is 2.43. The molecule has 0 fully saturated rings. The molecular formula is C14H20O4S. The minimum atomic E-state index is -2.92. The van der Waals surface area contributed by atoms with E-state index in [0.29, 0.717) is 13.0 Å². The highest BCUT2D eigenvalue weighted by Crippen LogP contribution is 2.35. The molecule has 1 aliphatic carbocycles. The lowest BCUT2D eigenvalue weighted by molar-refractivity contribution is 0.155. The molecule has 1 atom stereocenters. The summed E-state index contributed by atoms with van der Waals surface area (Å²) in [5, 5.41) is 9.93. The maximum Gasteiger partial charge on any atom is 0.147 e. The third kappa shape index (κ3) is 3.94. The van der Waals surface area contributed by atoms with E-state index in [0.717, 1.165) is 36.1 Å². The van der Waals surface area contributed by atoms with Crippen molar-refractivity contribution in [2.45, 2.75) is 31.8 Å². The fraction of sp³-hybridized carbons (Fsp3) is 0.571. The lowest BCUT2D eigenvalue weighted by Crippen LogP contribution is -2.12. The van der Waals surface area contributed by atoms with Gasteiger partial charge in [0, 0.05) is 6.26 Å². The topological polar surface area (TPSA) is 63.6 Å². The second-order valence-corrected chi connectivity index (χ2v) is 7.32. The first-order valence-electron chi connectivity index (χ1n) is 6.58. The molecule has 0 radical (unpaired) electrons. The van der Waals surface area contributed by atoms with E-state index in [1.165, 1.54) is 6.26 Å². The van der Waals surface area contributed by atoms with Gasteiger partial charge in [0.15, 0.2) is 0 Å². The zero-order chi connectivity index (χ0) is 13.9. The number of aliphatic hydroxyl groups excluding tert-OH is 1. The molecule has 0 aliphatic heterocycles. The fourth-order valence-corrected chi connectivity index (χ4v) is 3.07. The molecule has 0 aromatic heterocycles. The lowest BCUT2D eigenvalue weighted by atomic mass is 9.89. The van der Waals surface area contributed by atoms with Crippen molar-refractivity contribution in [2.75, 3.05) is 18.6 Å². The van der Waals surface area contributed by atoms with Crippen LogP contribution in [0.2, 0.25) is 0 Å². The summed E-state index contributed by atoms with van der Waals surface area (Å²) in [5.41, 5.74) is 2.02. The van der Waals surface area contributed by atoms with Gasteiger partial charge in [-0.3, -0.25) is 0 Å². The second kappa shape index (κ2) is 5.92. The number of hydrogen-bond donors (Lipinski definition) is 1. The molecule has 1 unspecified atom stereocenters. The van der Waals surface area contributed by atoms with Crippen LogP contribution in [0.25, 0.3) is 0 Å². The monoisotopic (exact) mass is 284 g/mol. The molecule has 0 spiro atoms. The van der Waals surface area contributed by atoms with Gasteiger partial charge >= 0.3 is 0 Å². The van der Waals surface area contributed by atoms with Crippen LogP contribution >= 0.6 is 0 Å². The highest BCUT2D eigenvalue weighted by Gasteiger charge is 2.20. The molecule has 2 rings (SSSR count). The van der Waals surface area contributed by atoms with Crippen molar-refractivity contribution in [3.05, 3.63) is 29.3 Å². The number of aliphatic hydroxyl groups is 1. The number of hydrogen-bond acceptors (Lipinski definition) is 4. The molecule has 1 aliphatic rings. The Morgan fingerprint density at radius 2 is 2.21 bits per heavy atom. The van der Waals surface area contributed by atoms with E-state index < -0.39 is 15.9 Å². The number of fused-ring (bicyclic) bond motifs is 1. The highest BCUT2D eigenvalue weighted by molar-refractivity contribution is 7.90. The number of benzene rings is 1. The van der Waals surface area contributed by atoms with E-state index in [1.807, 2.05) is 18.2 Å². The van der Waals surface area contributed by atoms with E-state index in [-0.39, 0.29) is 5.75 Å². The molecular weight excluding hydrogens is 264 g/mol. The van der Waals surface area contributed by atoms with Crippen molar-refractivity contribution in [3.8, 4) is 5.75 Å². The van der Waals surface area contributed by atoms with Gasteiger partial charge in [-0.15, -0.1) is 0 Å². The van der Waals surface area contributed by atoms with Gasteiger partial charge in [-0.25, -0.2) is 8.42 Å². The normalized spacial score (nSPS) is 18.9. The molecule has 0 saturated carbocycles. The summed E-state index contributed by atoms with van der Waals surface area (Å²) >= 11 is 0. The standard InChI is InChI=1S/C14H20O4S/c1-19(16,17)10-4-9-18-14-8-3-5-11-12(14)6-2-7-13(11)15/h3,5,8,13,15H,2,4,6-7,9-10H2,1H3. The smallest absolute Gasteiger partial charge is 0.147 e. The number of sulfone groups is 1. The Morgan fingerprint density at radius 1 is 1.42 bits per heavy atom. The molecule has 5 heteroatoms. The summed E-state index contributed by atoms with van der Waals surface area (Å²) in [6.45, 7) is 0.389. The van der Waals surface area contributed by atoms with E-state index in [4.69, 9.17) is 4.74 Å². The number of ether oxygens (including phenoxy) is 1. The van der Waals surface area contributed by atoms with Crippen LogP contribution in [0.1, 0.15) is 36.5 Å². The Balaban J connectivity index is 1.99. The molecule has 0 saturated heterocycles. The Morgan fingerprint density at radius 3 is 2.95 bits per heavy atom. The van der Waals surface area contributed by atoms with Gasteiger partial charge in [0.1, 0.15) is 15.6 Å². The Hall–Kier alpha value is -1.07. The average molecular weight is 284 g/mol. The molecule has 19 heavy (non-hydrogen) atoms. The minimum absolute atomic E-state index is 0.144. The first-order chi connectivity index (χ1) is 8.97. The molecule has 0 heterocycles. The van der Waals surface area contributed by atoms with Gasteiger partial charge in [-0.2, -0.15) is 0 Å². The first kappa shape index (κ1) is 14.3. The van der Waals surface area contributed by atoms with Crippen molar-refractivity contribution >= 4 is 9.84 Å². The van der Waals surface area contributed by atoms with Crippen molar-refractivity contribution < 1.29 is 18.3 Å². The summed E-state index contributed by atoms with van der Waals surface area (Å²) in [6.07, 6.45) is 3.99. The third-order valence-electron chi connectivity index (χ3n) is 3.35. The molecule has 0 bridgehead atoms. The summed E-state index contributed by atoms with van der Waals surface area (Å²) in [5.74, 6) is 0.926. The second-order valence-electron chi connectivity index (χ2n) is 5.06. The van der Waals surface area contributed by atoms with Crippen LogP contribution in [-0.2, 0) is 16.3 Å². The first-order valence-corrected chi connectivity index (χ1v) is 8.64. The van der Waals surface area contributed by atoms with Gasteiger partial charge in [0.2, 0.25) is 0 Å². The largest absolute Gasteiger partial charge is 0.493 e. The molecule has 1 aromatic rings. The zero-order valence-electron chi connectivity index (χ0n) is 11.1. The molecule has 1 N–H and O–H groups in total. The quantitative estimate of drug-likeness (QED) is 0.838. The van der Waals surface area contributed by atoms with Gasteiger partial charge < -0.3 is 9.84 Å². The predicted octanol–water partition coefficient (Wildman–Crippen LogP) is 1.87. The van der Waals surface area contributed by atoms with Crippen LogP contribution < -0.4 is 4.74 Å². The van der Waals surface area contributed by atoms with Crippen molar-refractivity contribution in [1.82, 2.24) is 0 Å². The zero-order valence-corrected chi connectivity index (χ0v) is 11.9. The SMILES string of the molecule is CS(=O)(=O)CCCOc1cccc2c1CCCC2O. The Labute approximate surface area is 114 Å². The third-order valence-corrected chi connectivity index (χ3v) is 4.38. The maximum atomic E-state index is 11.0. The molecule has 1 aromatic carbocycles. The Bertz CT molecular complexity index is 536. The van der Waals surface area contributed by atoms with Gasteiger partial charge in [0.05, 0.1) is 18.5 Å². The van der Waals surface area contributed by atoms with Crippen molar-refractivity contribution in [2.24, 2.45) is 0 Å². The number of rotatable bonds is 5. The predicted molar refractivity (Wildman–Crippen MR) is 74.2 cm³/mol. The highest BCUT2D eigenvalue weighted by atomic mass is 32.2. The van der Waals surface area contributed by atoms with Crippen LogP contribution in [0.15, 0.2) is 18.2 Å². The summed E-state index contributed by atoms with van der Waals surface area (Å²) in [7, 11) is -2.92. The van der Waals surface area contributed by atoms with E-state index >= 15 is 0 Å². The van der Waals surface area contributed by atoms with E-state index in [1.54, 1.807) is 0 Å². The van der Waals surface area contributed by atoms with Crippen LogP contribution in [0, 0.1) is 0 Å². The molecule has 0 amide bonds. The van der Waals surface area contributed by atoms with Crippen molar-refractivity contribution in [3.63, 3.8) is 0 Å². The van der Waals surface area contributed by atoms with Crippen LogP contribution in [0.4, 0.5) is 0 Å². The Kier molecular flexibility index (Phi) is 4.47. The van der Waals surface area contributed by atoms with Crippen LogP contribution in [-0.4, -0.2) is 32.1 Å². The molecule has 106 valence electrons. The van der Waals surface area contributed by atoms with E-state index in [2.05, 4.69) is 0 Å². The van der Waals surface area contributed by atoms with Crippen LogP contribution in [0.5, 0.6) is 5.75 Å². The van der Waals surface area contributed by atoms with Gasteiger partial charge in [0.25, 0.3) is 0 Å².